The van der Waals surface area contributed by atoms with E-state index in [4.69, 9.17) is 0 Å². The lowest BCUT2D eigenvalue weighted by Crippen LogP contribution is -2.33. The van der Waals surface area contributed by atoms with E-state index >= 15 is 0 Å². The fraction of sp³-hybridized carbons (Fsp3) is 0.375. The SMILES string of the molecule is CSCC[n+]1ccccc1. The first-order chi connectivity index (χ1) is 4.93. The summed E-state index contributed by atoms with van der Waals surface area (Å²) < 4.78 is 2.19. The van der Waals surface area contributed by atoms with Crippen molar-refractivity contribution >= 4 is 11.8 Å². The van der Waals surface area contributed by atoms with Gasteiger partial charge in [-0.25, -0.2) is 4.57 Å². The van der Waals surface area contributed by atoms with E-state index in [2.05, 4.69) is 35.3 Å². The van der Waals surface area contributed by atoms with Crippen molar-refractivity contribution in [2.75, 3.05) is 12.0 Å². The van der Waals surface area contributed by atoms with Crippen LogP contribution in [0.1, 0.15) is 0 Å². The van der Waals surface area contributed by atoms with Crippen molar-refractivity contribution in [1.82, 2.24) is 0 Å². The zero-order chi connectivity index (χ0) is 7.23. The zero-order valence-electron chi connectivity index (χ0n) is 6.16. The second-order valence-electron chi connectivity index (χ2n) is 2.11. The third-order valence-corrected chi connectivity index (χ3v) is 1.92. The molecule has 0 spiro atoms. The minimum Gasteiger partial charge on any atom is -0.204 e. The molecule has 0 aliphatic rings. The summed E-state index contributed by atoms with van der Waals surface area (Å²) in [6.45, 7) is 1.11. The molecule has 1 heterocycles. The Bertz CT molecular complexity index is 174. The van der Waals surface area contributed by atoms with Crippen LogP contribution < -0.4 is 4.57 Å². The summed E-state index contributed by atoms with van der Waals surface area (Å²) >= 11 is 1.88. The Morgan fingerprint density at radius 2 is 1.90 bits per heavy atom. The number of pyridine rings is 1. The molecule has 1 aromatic rings. The molecule has 1 aromatic heterocycles. The molecule has 0 amide bonds. The van der Waals surface area contributed by atoms with Gasteiger partial charge in [0.2, 0.25) is 0 Å². The molecule has 0 aliphatic carbocycles. The molecule has 1 nitrogen and oxygen atoms in total. The Kier molecular flexibility index (Phi) is 3.30. The van der Waals surface area contributed by atoms with Crippen LogP contribution >= 0.6 is 11.8 Å². The molecule has 0 unspecified atom stereocenters. The lowest BCUT2D eigenvalue weighted by atomic mass is 10.5. The van der Waals surface area contributed by atoms with Gasteiger partial charge in [-0.15, -0.1) is 0 Å². The summed E-state index contributed by atoms with van der Waals surface area (Å²) in [5, 5.41) is 0. The second-order valence-corrected chi connectivity index (χ2v) is 3.09. The maximum atomic E-state index is 2.19. The Labute approximate surface area is 66.1 Å². The molecule has 0 aromatic carbocycles. The highest BCUT2D eigenvalue weighted by Crippen LogP contribution is 1.88. The highest BCUT2D eigenvalue weighted by atomic mass is 32.2. The van der Waals surface area contributed by atoms with E-state index in [-0.39, 0.29) is 0 Å². The molecule has 0 saturated carbocycles. The van der Waals surface area contributed by atoms with Crippen LogP contribution in [0, 0.1) is 0 Å². The first kappa shape index (κ1) is 7.61. The average Bonchev–Trinajstić information content (AvgIpc) is 2.03. The van der Waals surface area contributed by atoms with Crippen molar-refractivity contribution in [1.29, 1.82) is 0 Å². The van der Waals surface area contributed by atoms with Crippen LogP contribution in [0.4, 0.5) is 0 Å². The molecule has 1 rings (SSSR count). The van der Waals surface area contributed by atoms with Gasteiger partial charge in [-0.05, 0) is 6.26 Å². The highest BCUT2D eigenvalue weighted by molar-refractivity contribution is 7.98. The van der Waals surface area contributed by atoms with Gasteiger partial charge in [0.15, 0.2) is 18.9 Å². The third kappa shape index (κ3) is 2.40. The van der Waals surface area contributed by atoms with Crippen LogP contribution in [0.2, 0.25) is 0 Å². The van der Waals surface area contributed by atoms with E-state index in [0.29, 0.717) is 0 Å². The van der Waals surface area contributed by atoms with Crippen LogP contribution in [0.25, 0.3) is 0 Å². The average molecular weight is 154 g/mol. The Morgan fingerprint density at radius 1 is 1.20 bits per heavy atom. The van der Waals surface area contributed by atoms with Crippen molar-refractivity contribution in [2.24, 2.45) is 0 Å². The van der Waals surface area contributed by atoms with E-state index < -0.39 is 0 Å². The van der Waals surface area contributed by atoms with Gasteiger partial charge in [-0.1, -0.05) is 6.07 Å². The van der Waals surface area contributed by atoms with E-state index in [1.807, 2.05) is 17.8 Å². The van der Waals surface area contributed by atoms with Gasteiger partial charge in [-0.3, -0.25) is 0 Å². The molecule has 10 heavy (non-hydrogen) atoms. The third-order valence-electron chi connectivity index (χ3n) is 1.33. The number of aryl methyl sites for hydroxylation is 1. The molecule has 0 radical (unpaired) electrons. The molecule has 0 bridgehead atoms. The number of hydrogen-bond acceptors (Lipinski definition) is 1. The normalized spacial score (nSPS) is 9.70. The molecular weight excluding hydrogens is 142 g/mol. The van der Waals surface area contributed by atoms with E-state index in [9.17, 15) is 0 Å². The van der Waals surface area contributed by atoms with Gasteiger partial charge in [-0.2, -0.15) is 11.8 Å². The minimum absolute atomic E-state index is 1.11. The predicted octanol–water partition coefficient (Wildman–Crippen LogP) is 1.34. The first-order valence-corrected chi connectivity index (χ1v) is 4.76. The van der Waals surface area contributed by atoms with Crippen LogP contribution in [-0.4, -0.2) is 12.0 Å². The lowest BCUT2D eigenvalue weighted by Gasteiger charge is -1.91. The molecule has 0 fully saturated rings. The first-order valence-electron chi connectivity index (χ1n) is 3.36. The Morgan fingerprint density at radius 3 is 2.50 bits per heavy atom. The van der Waals surface area contributed by atoms with Gasteiger partial charge in [0, 0.05) is 12.1 Å². The number of aromatic nitrogens is 1. The van der Waals surface area contributed by atoms with Crippen molar-refractivity contribution in [2.45, 2.75) is 6.54 Å². The van der Waals surface area contributed by atoms with Gasteiger partial charge < -0.3 is 0 Å². The van der Waals surface area contributed by atoms with Crippen molar-refractivity contribution in [3.8, 4) is 0 Å². The van der Waals surface area contributed by atoms with E-state index in [1.54, 1.807) is 0 Å². The molecule has 0 N–H and O–H groups in total. The highest BCUT2D eigenvalue weighted by Gasteiger charge is 1.93. The maximum Gasteiger partial charge on any atom is 0.168 e. The van der Waals surface area contributed by atoms with E-state index in [1.165, 1.54) is 5.75 Å². The monoisotopic (exact) mass is 154 g/mol. The van der Waals surface area contributed by atoms with E-state index in [0.717, 1.165) is 6.54 Å². The van der Waals surface area contributed by atoms with Crippen LogP contribution in [-0.2, 0) is 6.54 Å². The number of thioether (sulfide) groups is 1. The fourth-order valence-electron chi connectivity index (χ4n) is 0.780. The van der Waals surface area contributed by atoms with Crippen LogP contribution in [0.3, 0.4) is 0 Å². The molecular formula is C8H12NS+. The van der Waals surface area contributed by atoms with Gasteiger partial charge in [0.05, 0.1) is 5.75 Å². The summed E-state index contributed by atoms with van der Waals surface area (Å²) in [7, 11) is 0. The summed E-state index contributed by atoms with van der Waals surface area (Å²) in [4.78, 5) is 0. The van der Waals surface area contributed by atoms with Crippen molar-refractivity contribution < 1.29 is 4.57 Å². The molecule has 0 atom stereocenters. The molecule has 2 heteroatoms. The number of hydrogen-bond donors (Lipinski definition) is 0. The summed E-state index contributed by atoms with van der Waals surface area (Å²) in [5.41, 5.74) is 0. The summed E-state index contributed by atoms with van der Waals surface area (Å²) in [6.07, 6.45) is 6.32. The lowest BCUT2D eigenvalue weighted by molar-refractivity contribution is -0.692. The molecule has 0 aliphatic heterocycles. The van der Waals surface area contributed by atoms with Gasteiger partial charge in [0.1, 0.15) is 0 Å². The summed E-state index contributed by atoms with van der Waals surface area (Å²) in [6, 6.07) is 6.15. The predicted molar refractivity (Wildman–Crippen MR) is 45.0 cm³/mol. The minimum atomic E-state index is 1.11. The van der Waals surface area contributed by atoms with Gasteiger partial charge >= 0.3 is 0 Å². The molecule has 54 valence electrons. The zero-order valence-corrected chi connectivity index (χ0v) is 6.97. The van der Waals surface area contributed by atoms with Gasteiger partial charge in [0.25, 0.3) is 0 Å². The quantitative estimate of drug-likeness (QED) is 0.594. The standard InChI is InChI=1S/C8H12NS/c1-10-8-7-9-5-3-2-4-6-9/h2-6H,7-8H2,1H3/q+1. The number of nitrogens with zero attached hydrogens (tertiary/aromatic N) is 1. The molecule has 0 saturated heterocycles. The van der Waals surface area contributed by atoms with Crippen LogP contribution in [0.15, 0.2) is 30.6 Å². The Balaban J connectivity index is 2.43. The van der Waals surface area contributed by atoms with Crippen LogP contribution in [0.5, 0.6) is 0 Å². The number of rotatable bonds is 3. The topological polar surface area (TPSA) is 3.88 Å². The second kappa shape index (κ2) is 4.34. The smallest absolute Gasteiger partial charge is 0.168 e. The van der Waals surface area contributed by atoms with Crippen molar-refractivity contribution in [3.63, 3.8) is 0 Å². The largest absolute Gasteiger partial charge is 0.204 e. The Hall–Kier alpha value is -0.500. The maximum absolute atomic E-state index is 2.19. The fourth-order valence-corrected chi connectivity index (χ4v) is 1.17. The summed E-state index contributed by atoms with van der Waals surface area (Å²) in [5.74, 6) is 1.19. The van der Waals surface area contributed by atoms with Crippen molar-refractivity contribution in [3.05, 3.63) is 30.6 Å².